The minimum atomic E-state index is -4.54. The molecule has 9 heteroatoms. The highest BCUT2D eigenvalue weighted by atomic mass is 19.4. The summed E-state index contributed by atoms with van der Waals surface area (Å²) < 4.78 is 53.3. The molecule has 0 aliphatic carbocycles. The van der Waals surface area contributed by atoms with Crippen LogP contribution in [0.2, 0.25) is 0 Å². The van der Waals surface area contributed by atoms with E-state index in [1.54, 1.807) is 6.07 Å². The monoisotopic (exact) mass is 441 g/mol. The number of carbonyl (C=O) groups excluding carboxylic acids is 1. The predicted octanol–water partition coefficient (Wildman–Crippen LogP) is 4.60. The number of rotatable bonds is 4. The molecular formula is C23H15F4N3O2. The lowest BCUT2D eigenvalue weighted by molar-refractivity contribution is -0.137. The number of hydrogen-bond acceptors (Lipinski definition) is 3. The summed E-state index contributed by atoms with van der Waals surface area (Å²) in [5, 5.41) is 2.90. The summed E-state index contributed by atoms with van der Waals surface area (Å²) in [6, 6.07) is 11.1. The highest BCUT2D eigenvalue weighted by Gasteiger charge is 2.31. The molecule has 2 N–H and O–H groups in total. The molecule has 162 valence electrons. The zero-order valence-corrected chi connectivity index (χ0v) is 16.3. The van der Waals surface area contributed by atoms with E-state index in [0.717, 1.165) is 30.3 Å². The predicted molar refractivity (Wildman–Crippen MR) is 110 cm³/mol. The molecule has 32 heavy (non-hydrogen) atoms. The van der Waals surface area contributed by atoms with Crippen LogP contribution in [0.4, 0.5) is 17.6 Å². The number of amides is 1. The van der Waals surface area contributed by atoms with Crippen LogP contribution in [-0.4, -0.2) is 15.9 Å². The minimum absolute atomic E-state index is 0.127. The Kier molecular flexibility index (Phi) is 5.48. The van der Waals surface area contributed by atoms with Crippen LogP contribution in [0.1, 0.15) is 33.2 Å². The van der Waals surface area contributed by atoms with Gasteiger partial charge in [0.1, 0.15) is 11.5 Å². The topological polar surface area (TPSA) is 74.8 Å². The second-order valence-corrected chi connectivity index (χ2v) is 7.00. The lowest BCUT2D eigenvalue weighted by Crippen LogP contribution is -2.30. The van der Waals surface area contributed by atoms with Crippen molar-refractivity contribution in [1.29, 1.82) is 0 Å². The summed E-state index contributed by atoms with van der Waals surface area (Å²) in [4.78, 5) is 31.9. The van der Waals surface area contributed by atoms with Gasteiger partial charge < -0.3 is 10.3 Å². The maximum absolute atomic E-state index is 14.5. The van der Waals surface area contributed by atoms with Gasteiger partial charge in [-0.05, 0) is 48.0 Å². The van der Waals surface area contributed by atoms with Gasteiger partial charge >= 0.3 is 6.18 Å². The summed E-state index contributed by atoms with van der Waals surface area (Å²) in [5.74, 6) is -1.38. The minimum Gasteiger partial charge on any atom is -0.361 e. The molecule has 0 fully saturated rings. The molecule has 0 aliphatic rings. The fourth-order valence-electron chi connectivity index (χ4n) is 3.31. The molecular weight excluding hydrogens is 426 g/mol. The van der Waals surface area contributed by atoms with Crippen molar-refractivity contribution in [2.75, 3.05) is 0 Å². The zero-order chi connectivity index (χ0) is 22.9. The van der Waals surface area contributed by atoms with Gasteiger partial charge in [0.25, 0.3) is 5.91 Å². The lowest BCUT2D eigenvalue weighted by Gasteiger charge is -2.20. The molecule has 2 aromatic heterocycles. The third-order valence-corrected chi connectivity index (χ3v) is 4.93. The summed E-state index contributed by atoms with van der Waals surface area (Å²) in [6.45, 7) is 0. The fraction of sp³-hybridized carbons (Fsp3) is 0.0870. The van der Waals surface area contributed by atoms with Crippen LogP contribution >= 0.6 is 0 Å². The van der Waals surface area contributed by atoms with Crippen molar-refractivity contribution in [3.05, 3.63) is 111 Å². The first kappa shape index (κ1) is 21.2. The van der Waals surface area contributed by atoms with Crippen LogP contribution in [0, 0.1) is 5.82 Å². The number of H-pyrrole nitrogens is 1. The second kappa shape index (κ2) is 8.26. The van der Waals surface area contributed by atoms with Crippen LogP contribution < -0.4 is 10.7 Å². The van der Waals surface area contributed by atoms with E-state index in [2.05, 4.69) is 15.3 Å². The number of nitrogens with one attached hydrogen (secondary N) is 2. The van der Waals surface area contributed by atoms with Gasteiger partial charge in [-0.3, -0.25) is 14.6 Å². The molecule has 2 heterocycles. The number of halogens is 4. The van der Waals surface area contributed by atoms with Gasteiger partial charge in [-0.2, -0.15) is 13.2 Å². The number of carbonyl (C=O) groups is 1. The second-order valence-electron chi connectivity index (χ2n) is 7.00. The Bertz CT molecular complexity index is 1350. The Hall–Kier alpha value is -4.01. The average molecular weight is 441 g/mol. The lowest BCUT2D eigenvalue weighted by atomic mass is 10.00. The smallest absolute Gasteiger partial charge is 0.361 e. The van der Waals surface area contributed by atoms with E-state index in [4.69, 9.17) is 0 Å². The average Bonchev–Trinajstić information content (AvgIpc) is 2.77. The molecule has 1 atom stereocenters. The van der Waals surface area contributed by atoms with Crippen LogP contribution in [0.3, 0.4) is 0 Å². The highest BCUT2D eigenvalue weighted by Crippen LogP contribution is 2.31. The Morgan fingerprint density at radius 2 is 1.78 bits per heavy atom. The van der Waals surface area contributed by atoms with Gasteiger partial charge in [-0.25, -0.2) is 4.39 Å². The van der Waals surface area contributed by atoms with E-state index >= 15 is 0 Å². The molecule has 1 amide bonds. The number of alkyl halides is 3. The van der Waals surface area contributed by atoms with Gasteiger partial charge in [-0.1, -0.05) is 12.1 Å². The van der Waals surface area contributed by atoms with Crippen molar-refractivity contribution in [1.82, 2.24) is 15.3 Å². The van der Waals surface area contributed by atoms with Crippen LogP contribution in [-0.2, 0) is 6.18 Å². The molecule has 2 aromatic carbocycles. The van der Waals surface area contributed by atoms with Crippen molar-refractivity contribution in [2.24, 2.45) is 0 Å². The number of fused-ring (bicyclic) bond motifs is 1. The van der Waals surface area contributed by atoms with Gasteiger partial charge in [0.2, 0.25) is 0 Å². The largest absolute Gasteiger partial charge is 0.416 e. The van der Waals surface area contributed by atoms with Crippen molar-refractivity contribution < 1.29 is 22.4 Å². The first-order valence-electron chi connectivity index (χ1n) is 9.44. The molecule has 0 aliphatic heterocycles. The van der Waals surface area contributed by atoms with Crippen LogP contribution in [0.5, 0.6) is 0 Å². The standard InChI is InChI=1S/C23H15F4N3O2/c24-17-2-1-10-29-21(17)20(13-3-6-15(7-4-13)23(25,26)27)30-22(32)14-5-8-18-16(12-14)19(31)9-11-28-18/h1-12,20H,(H,28,31)(H,30,32). The Balaban J connectivity index is 1.73. The molecule has 4 aromatic rings. The van der Waals surface area contributed by atoms with Crippen molar-refractivity contribution in [3.8, 4) is 0 Å². The summed E-state index contributed by atoms with van der Waals surface area (Å²) in [6.07, 6.45) is -1.74. The normalized spacial score (nSPS) is 12.5. The molecule has 0 spiro atoms. The molecule has 0 saturated heterocycles. The quantitative estimate of drug-likeness (QED) is 0.455. The zero-order valence-electron chi connectivity index (χ0n) is 16.3. The number of aromatic amines is 1. The maximum Gasteiger partial charge on any atom is 0.416 e. The van der Waals surface area contributed by atoms with Crippen molar-refractivity contribution in [3.63, 3.8) is 0 Å². The highest BCUT2D eigenvalue weighted by molar-refractivity contribution is 5.98. The number of pyridine rings is 2. The van der Waals surface area contributed by atoms with E-state index in [9.17, 15) is 27.2 Å². The first-order chi connectivity index (χ1) is 15.2. The van der Waals surface area contributed by atoms with E-state index in [1.165, 1.54) is 36.7 Å². The molecule has 4 rings (SSSR count). The first-order valence-corrected chi connectivity index (χ1v) is 9.44. The molecule has 0 saturated carbocycles. The summed E-state index contributed by atoms with van der Waals surface area (Å²) >= 11 is 0. The third-order valence-electron chi connectivity index (χ3n) is 4.93. The molecule has 0 bridgehead atoms. The Labute approximate surface area is 178 Å². The maximum atomic E-state index is 14.5. The third kappa shape index (κ3) is 4.22. The summed E-state index contributed by atoms with van der Waals surface area (Å²) in [5.41, 5.74) is -0.446. The number of nitrogens with zero attached hydrogens (tertiary/aromatic N) is 1. The van der Waals surface area contributed by atoms with Crippen molar-refractivity contribution >= 4 is 16.8 Å². The summed E-state index contributed by atoms with van der Waals surface area (Å²) in [7, 11) is 0. The van der Waals surface area contributed by atoms with E-state index in [-0.39, 0.29) is 27.6 Å². The van der Waals surface area contributed by atoms with E-state index < -0.39 is 29.5 Å². The van der Waals surface area contributed by atoms with Gasteiger partial charge in [0.15, 0.2) is 5.43 Å². The SMILES string of the molecule is O=C(NC(c1ccc(C(F)(F)F)cc1)c1ncccc1F)c1ccc2[nH]ccc(=O)c2c1. The Morgan fingerprint density at radius 3 is 2.47 bits per heavy atom. The Morgan fingerprint density at radius 1 is 1.03 bits per heavy atom. The fourth-order valence-corrected chi connectivity index (χ4v) is 3.31. The van der Waals surface area contributed by atoms with Crippen LogP contribution in [0.15, 0.2) is 77.9 Å². The van der Waals surface area contributed by atoms with Gasteiger partial charge in [0.05, 0.1) is 11.6 Å². The van der Waals surface area contributed by atoms with E-state index in [0.29, 0.717) is 5.52 Å². The number of aromatic nitrogens is 2. The molecule has 5 nitrogen and oxygen atoms in total. The van der Waals surface area contributed by atoms with E-state index in [1.807, 2.05) is 0 Å². The van der Waals surface area contributed by atoms with Crippen molar-refractivity contribution in [2.45, 2.75) is 12.2 Å². The molecule has 1 unspecified atom stereocenters. The van der Waals surface area contributed by atoms with Gasteiger partial charge in [0, 0.05) is 34.9 Å². The van der Waals surface area contributed by atoms with Gasteiger partial charge in [-0.15, -0.1) is 0 Å². The molecule has 0 radical (unpaired) electrons. The number of benzene rings is 2. The number of hydrogen-bond donors (Lipinski definition) is 2. The van der Waals surface area contributed by atoms with Crippen LogP contribution in [0.25, 0.3) is 10.9 Å².